The molecule has 2 heterocycles. The smallest absolute Gasteiger partial charge is 0.261 e. The number of hydrogen-bond acceptors (Lipinski definition) is 6. The van der Waals surface area contributed by atoms with Crippen LogP contribution in [0.5, 0.6) is 11.5 Å². The summed E-state index contributed by atoms with van der Waals surface area (Å²) in [4.78, 5) is 15.3. The summed E-state index contributed by atoms with van der Waals surface area (Å²) in [5.74, 6) is 0.821. The lowest BCUT2D eigenvalue weighted by molar-refractivity contribution is -0.110. The van der Waals surface area contributed by atoms with E-state index < -0.39 is 10.0 Å². The fraction of sp³-hybridized carbons (Fsp3) is 0.276. The Bertz CT molecular complexity index is 1550. The summed E-state index contributed by atoms with van der Waals surface area (Å²) >= 11 is 6.94. The molecule has 0 atom stereocenters. The maximum absolute atomic E-state index is 13.1. The zero-order chi connectivity index (χ0) is 28.3. The first-order valence-corrected chi connectivity index (χ1v) is 16.0. The number of carbonyl (C=O) groups excluding carboxylic acids is 1. The molecule has 0 bridgehead atoms. The van der Waals surface area contributed by atoms with Gasteiger partial charge in [0.05, 0.1) is 16.5 Å². The number of amides is 1. The minimum absolute atomic E-state index is 0.0489. The SMILES string of the molecule is COc1cc(C=C2C(=O)Nc3ccc(S(=O)(=O)Nc4ccc(Br)cc4)cc32)cc(Br)c1OCCN1CCCCC1. The number of carbonyl (C=O) groups is 1. The standard InChI is InChI=1S/C29H29Br2N3O5S/c1-38-27-17-19(16-25(31)28(27)39-14-13-34-11-3-2-4-12-34)15-24-23-18-22(9-10-26(23)32-29(24)35)40(36,37)33-21-7-5-20(30)6-8-21/h5-10,15-18,33H,2-4,11-14H2,1H3,(H,32,35). The number of hydrogen-bond donors (Lipinski definition) is 2. The summed E-state index contributed by atoms with van der Waals surface area (Å²) in [7, 11) is -2.31. The van der Waals surface area contributed by atoms with Crippen molar-refractivity contribution in [3.8, 4) is 11.5 Å². The van der Waals surface area contributed by atoms with Crippen LogP contribution in [0.2, 0.25) is 0 Å². The van der Waals surface area contributed by atoms with Crippen molar-refractivity contribution in [1.29, 1.82) is 0 Å². The van der Waals surface area contributed by atoms with Gasteiger partial charge in [-0.25, -0.2) is 8.42 Å². The largest absolute Gasteiger partial charge is 0.493 e. The lowest BCUT2D eigenvalue weighted by Gasteiger charge is -2.26. The number of rotatable bonds is 9. The minimum Gasteiger partial charge on any atom is -0.493 e. The monoisotopic (exact) mass is 689 g/mol. The highest BCUT2D eigenvalue weighted by molar-refractivity contribution is 9.10. The lowest BCUT2D eigenvalue weighted by atomic mass is 10.0. The second-order valence-corrected chi connectivity index (χ2v) is 13.1. The van der Waals surface area contributed by atoms with E-state index in [-0.39, 0.29) is 10.8 Å². The van der Waals surface area contributed by atoms with Gasteiger partial charge in [-0.1, -0.05) is 22.4 Å². The van der Waals surface area contributed by atoms with Crippen LogP contribution >= 0.6 is 31.9 Å². The molecule has 2 N–H and O–H groups in total. The first-order chi connectivity index (χ1) is 19.2. The first-order valence-electron chi connectivity index (χ1n) is 12.9. The molecule has 5 rings (SSSR count). The maximum Gasteiger partial charge on any atom is 0.261 e. The second-order valence-electron chi connectivity index (χ2n) is 9.62. The van der Waals surface area contributed by atoms with Crippen molar-refractivity contribution in [2.24, 2.45) is 0 Å². The molecule has 1 saturated heterocycles. The van der Waals surface area contributed by atoms with Crippen LogP contribution in [0.25, 0.3) is 11.6 Å². The van der Waals surface area contributed by atoms with Gasteiger partial charge in [-0.3, -0.25) is 14.4 Å². The molecule has 0 saturated carbocycles. The van der Waals surface area contributed by atoms with Gasteiger partial charge in [0.1, 0.15) is 6.61 Å². The molecule has 3 aromatic rings. The highest BCUT2D eigenvalue weighted by Gasteiger charge is 2.27. The summed E-state index contributed by atoms with van der Waals surface area (Å²) in [5, 5.41) is 2.82. The molecular formula is C29H29Br2N3O5S. The van der Waals surface area contributed by atoms with Gasteiger partial charge >= 0.3 is 0 Å². The number of sulfonamides is 1. The number of likely N-dealkylation sites (tertiary alicyclic amines) is 1. The third kappa shape index (κ3) is 6.54. The van der Waals surface area contributed by atoms with Gasteiger partial charge in [0, 0.05) is 33.5 Å². The second kappa shape index (κ2) is 12.3. The molecule has 0 spiro atoms. The Hall–Kier alpha value is -2.86. The van der Waals surface area contributed by atoms with E-state index in [2.05, 4.69) is 46.8 Å². The quantitative estimate of drug-likeness (QED) is 0.253. The zero-order valence-corrected chi connectivity index (χ0v) is 25.9. The molecule has 0 aliphatic carbocycles. The van der Waals surface area contributed by atoms with Crippen molar-refractivity contribution < 1.29 is 22.7 Å². The molecule has 11 heteroatoms. The van der Waals surface area contributed by atoms with Gasteiger partial charge in [0.15, 0.2) is 11.5 Å². The van der Waals surface area contributed by atoms with Crippen LogP contribution in [-0.2, 0) is 14.8 Å². The Labute approximate surface area is 251 Å². The molecule has 1 amide bonds. The van der Waals surface area contributed by atoms with Crippen molar-refractivity contribution in [3.05, 3.63) is 74.7 Å². The summed E-state index contributed by atoms with van der Waals surface area (Å²) in [6, 6.07) is 15.1. The van der Waals surface area contributed by atoms with E-state index in [0.717, 1.165) is 24.1 Å². The molecular weight excluding hydrogens is 662 g/mol. The Kier molecular flexibility index (Phi) is 8.84. The van der Waals surface area contributed by atoms with E-state index in [1.807, 2.05) is 6.07 Å². The third-order valence-electron chi connectivity index (χ3n) is 6.85. The highest BCUT2D eigenvalue weighted by Crippen LogP contribution is 2.40. The van der Waals surface area contributed by atoms with Crippen molar-refractivity contribution in [2.45, 2.75) is 24.2 Å². The van der Waals surface area contributed by atoms with Gasteiger partial charge in [0.2, 0.25) is 0 Å². The van der Waals surface area contributed by atoms with Crippen LogP contribution < -0.4 is 19.5 Å². The van der Waals surface area contributed by atoms with E-state index in [1.54, 1.807) is 49.6 Å². The van der Waals surface area contributed by atoms with E-state index in [0.29, 0.717) is 50.7 Å². The van der Waals surface area contributed by atoms with E-state index in [1.165, 1.54) is 31.4 Å². The average molecular weight is 691 g/mol. The van der Waals surface area contributed by atoms with Gasteiger partial charge in [-0.2, -0.15) is 0 Å². The molecule has 8 nitrogen and oxygen atoms in total. The Morgan fingerprint density at radius 2 is 1.77 bits per heavy atom. The number of fused-ring (bicyclic) bond motifs is 1. The Morgan fingerprint density at radius 3 is 2.50 bits per heavy atom. The molecule has 0 aromatic heterocycles. The Balaban J connectivity index is 1.38. The normalized spacial score (nSPS) is 16.5. The molecule has 1 fully saturated rings. The van der Waals surface area contributed by atoms with Crippen molar-refractivity contribution in [1.82, 2.24) is 4.90 Å². The van der Waals surface area contributed by atoms with Gasteiger partial charge in [0.25, 0.3) is 15.9 Å². The number of benzene rings is 3. The summed E-state index contributed by atoms with van der Waals surface area (Å²) < 4.78 is 42.0. The molecule has 2 aliphatic heterocycles. The molecule has 3 aromatic carbocycles. The molecule has 40 heavy (non-hydrogen) atoms. The summed E-state index contributed by atoms with van der Waals surface area (Å²) in [6.45, 7) is 3.58. The zero-order valence-electron chi connectivity index (χ0n) is 21.9. The van der Waals surface area contributed by atoms with E-state index in [9.17, 15) is 13.2 Å². The van der Waals surface area contributed by atoms with E-state index >= 15 is 0 Å². The first kappa shape index (κ1) is 28.7. The number of methoxy groups -OCH3 is 1. The van der Waals surface area contributed by atoms with Crippen LogP contribution in [0.4, 0.5) is 11.4 Å². The topological polar surface area (TPSA) is 97.0 Å². The minimum atomic E-state index is -3.88. The number of piperidine rings is 1. The van der Waals surface area contributed by atoms with Crippen molar-refractivity contribution in [2.75, 3.05) is 43.4 Å². The summed E-state index contributed by atoms with van der Waals surface area (Å²) in [5.41, 5.74) is 2.53. The van der Waals surface area contributed by atoms with Crippen LogP contribution in [0.1, 0.15) is 30.4 Å². The van der Waals surface area contributed by atoms with Gasteiger partial charge in [-0.15, -0.1) is 0 Å². The number of nitrogens with one attached hydrogen (secondary N) is 2. The van der Waals surface area contributed by atoms with Crippen LogP contribution in [-0.4, -0.2) is 52.6 Å². The molecule has 0 unspecified atom stereocenters. The number of halogens is 2. The van der Waals surface area contributed by atoms with Gasteiger partial charge in [-0.05, 0) is 108 Å². The van der Waals surface area contributed by atoms with Crippen molar-refractivity contribution in [3.63, 3.8) is 0 Å². The predicted molar refractivity (Wildman–Crippen MR) is 164 cm³/mol. The average Bonchev–Trinajstić information content (AvgIpc) is 3.25. The fourth-order valence-corrected chi connectivity index (χ4v) is 6.72. The molecule has 2 aliphatic rings. The number of anilines is 2. The van der Waals surface area contributed by atoms with Crippen LogP contribution in [0.15, 0.2) is 68.4 Å². The Morgan fingerprint density at radius 1 is 1.02 bits per heavy atom. The molecule has 210 valence electrons. The van der Waals surface area contributed by atoms with E-state index in [4.69, 9.17) is 9.47 Å². The molecule has 0 radical (unpaired) electrons. The van der Waals surface area contributed by atoms with Crippen LogP contribution in [0, 0.1) is 0 Å². The highest BCUT2D eigenvalue weighted by atomic mass is 79.9. The lowest BCUT2D eigenvalue weighted by Crippen LogP contribution is -2.33. The van der Waals surface area contributed by atoms with Crippen molar-refractivity contribution >= 4 is 70.8 Å². The maximum atomic E-state index is 13.1. The third-order valence-corrected chi connectivity index (χ3v) is 9.34. The number of ether oxygens (including phenoxy) is 2. The predicted octanol–water partition coefficient (Wildman–Crippen LogP) is 6.38. The van der Waals surface area contributed by atoms with Crippen LogP contribution in [0.3, 0.4) is 0 Å². The number of nitrogens with zero attached hydrogens (tertiary/aromatic N) is 1. The fourth-order valence-electron chi connectivity index (χ4n) is 4.80. The summed E-state index contributed by atoms with van der Waals surface area (Å²) in [6.07, 6.45) is 5.45. The van der Waals surface area contributed by atoms with Gasteiger partial charge < -0.3 is 14.8 Å².